The van der Waals surface area contributed by atoms with Crippen molar-refractivity contribution >= 4 is 16.9 Å². The monoisotopic (exact) mass is 266 g/mol. The van der Waals surface area contributed by atoms with Gasteiger partial charge in [-0.1, -0.05) is 18.2 Å². The molecule has 0 N–H and O–H groups in total. The normalized spacial score (nSPS) is 10.4. The molecule has 0 aliphatic heterocycles. The standard InChI is InChI=1S/C16H10O4/c17-15-9-7-11-10-12(6-8-14(11)20-15)16(18)19-13-4-2-1-3-5-13/h1-10H. The molecule has 4 heteroatoms. The van der Waals surface area contributed by atoms with Crippen LogP contribution in [0.4, 0.5) is 0 Å². The molecule has 0 radical (unpaired) electrons. The maximum atomic E-state index is 12.0. The largest absolute Gasteiger partial charge is 0.423 e. The van der Waals surface area contributed by atoms with Crippen LogP contribution in [0.5, 0.6) is 5.75 Å². The van der Waals surface area contributed by atoms with E-state index in [1.807, 2.05) is 6.07 Å². The topological polar surface area (TPSA) is 56.5 Å². The number of fused-ring (bicyclic) bond motifs is 1. The lowest BCUT2D eigenvalue weighted by molar-refractivity contribution is 0.0735. The number of para-hydroxylation sites is 1. The molecule has 0 saturated heterocycles. The summed E-state index contributed by atoms with van der Waals surface area (Å²) in [6, 6.07) is 16.5. The Morgan fingerprint density at radius 2 is 1.75 bits per heavy atom. The molecule has 0 aliphatic carbocycles. The summed E-state index contributed by atoms with van der Waals surface area (Å²) in [4.78, 5) is 23.1. The molecule has 3 rings (SSSR count). The van der Waals surface area contributed by atoms with Gasteiger partial charge in [0.25, 0.3) is 0 Å². The van der Waals surface area contributed by atoms with Crippen molar-refractivity contribution in [3.63, 3.8) is 0 Å². The van der Waals surface area contributed by atoms with Gasteiger partial charge < -0.3 is 9.15 Å². The molecular formula is C16H10O4. The molecule has 0 fully saturated rings. The number of carbonyl (C=O) groups is 1. The van der Waals surface area contributed by atoms with Gasteiger partial charge in [0.1, 0.15) is 11.3 Å². The average molecular weight is 266 g/mol. The van der Waals surface area contributed by atoms with Crippen molar-refractivity contribution in [2.45, 2.75) is 0 Å². The minimum atomic E-state index is -0.454. The molecule has 3 aromatic rings. The van der Waals surface area contributed by atoms with Crippen LogP contribution in [0.25, 0.3) is 11.0 Å². The molecule has 0 atom stereocenters. The Bertz CT molecular complexity index is 819. The smallest absolute Gasteiger partial charge is 0.343 e. The second-order valence-electron chi connectivity index (χ2n) is 4.21. The molecule has 0 saturated carbocycles. The molecule has 20 heavy (non-hydrogen) atoms. The molecule has 0 amide bonds. The second-order valence-corrected chi connectivity index (χ2v) is 4.21. The zero-order valence-electron chi connectivity index (χ0n) is 10.4. The van der Waals surface area contributed by atoms with Crippen LogP contribution >= 0.6 is 0 Å². The summed E-state index contributed by atoms with van der Waals surface area (Å²) in [6.07, 6.45) is 0. The SMILES string of the molecule is O=C(Oc1ccccc1)c1ccc2oc(=O)ccc2c1. The highest BCUT2D eigenvalue weighted by atomic mass is 16.5. The number of esters is 1. The third-order valence-electron chi connectivity index (χ3n) is 2.81. The van der Waals surface area contributed by atoms with Gasteiger partial charge in [-0.25, -0.2) is 9.59 Å². The zero-order valence-corrected chi connectivity index (χ0v) is 10.4. The molecule has 0 spiro atoms. The molecule has 2 aromatic carbocycles. The third kappa shape index (κ3) is 2.44. The molecule has 1 aromatic heterocycles. The number of carbonyl (C=O) groups excluding carboxylic acids is 1. The Balaban J connectivity index is 1.92. The summed E-state index contributed by atoms with van der Waals surface area (Å²) in [6.45, 7) is 0. The predicted octanol–water partition coefficient (Wildman–Crippen LogP) is 3.01. The van der Waals surface area contributed by atoms with Gasteiger partial charge in [-0.3, -0.25) is 0 Å². The Morgan fingerprint density at radius 1 is 0.950 bits per heavy atom. The van der Waals surface area contributed by atoms with Gasteiger partial charge in [-0.05, 0) is 36.4 Å². The minimum Gasteiger partial charge on any atom is -0.423 e. The lowest BCUT2D eigenvalue weighted by Crippen LogP contribution is -2.08. The summed E-state index contributed by atoms with van der Waals surface area (Å²) >= 11 is 0. The fourth-order valence-corrected chi connectivity index (χ4v) is 1.85. The highest BCUT2D eigenvalue weighted by molar-refractivity contribution is 5.95. The van der Waals surface area contributed by atoms with Gasteiger partial charge >= 0.3 is 11.6 Å². The molecule has 0 unspecified atom stereocenters. The first-order valence-electron chi connectivity index (χ1n) is 6.03. The van der Waals surface area contributed by atoms with E-state index in [4.69, 9.17) is 9.15 Å². The first kappa shape index (κ1) is 12.2. The molecule has 0 bridgehead atoms. The van der Waals surface area contributed by atoms with E-state index in [1.54, 1.807) is 48.5 Å². The highest BCUT2D eigenvalue weighted by Gasteiger charge is 2.09. The molecular weight excluding hydrogens is 256 g/mol. The summed E-state index contributed by atoms with van der Waals surface area (Å²) in [5.41, 5.74) is 0.418. The predicted molar refractivity (Wildman–Crippen MR) is 73.9 cm³/mol. The molecule has 98 valence electrons. The van der Waals surface area contributed by atoms with E-state index in [0.29, 0.717) is 22.3 Å². The number of hydrogen-bond acceptors (Lipinski definition) is 4. The Labute approximate surface area is 114 Å². The highest BCUT2D eigenvalue weighted by Crippen LogP contribution is 2.16. The van der Waals surface area contributed by atoms with Crippen molar-refractivity contribution in [3.05, 3.63) is 76.6 Å². The van der Waals surface area contributed by atoms with Crippen molar-refractivity contribution in [2.24, 2.45) is 0 Å². The molecule has 4 nitrogen and oxygen atoms in total. The van der Waals surface area contributed by atoms with Crippen LogP contribution in [0, 0.1) is 0 Å². The maximum absolute atomic E-state index is 12.0. The Morgan fingerprint density at radius 3 is 2.55 bits per heavy atom. The van der Waals surface area contributed by atoms with Crippen LogP contribution < -0.4 is 10.4 Å². The van der Waals surface area contributed by atoms with Gasteiger partial charge in [0.2, 0.25) is 0 Å². The Kier molecular flexibility index (Phi) is 3.05. The second kappa shape index (κ2) is 5.01. The minimum absolute atomic E-state index is 0.398. The van der Waals surface area contributed by atoms with Crippen molar-refractivity contribution in [3.8, 4) is 5.75 Å². The first-order chi connectivity index (χ1) is 9.72. The van der Waals surface area contributed by atoms with E-state index >= 15 is 0 Å². The fraction of sp³-hybridized carbons (Fsp3) is 0. The van der Waals surface area contributed by atoms with Gasteiger partial charge in [-0.15, -0.1) is 0 Å². The van der Waals surface area contributed by atoms with Crippen LogP contribution in [0.3, 0.4) is 0 Å². The van der Waals surface area contributed by atoms with Gasteiger partial charge in [0.15, 0.2) is 0 Å². The number of hydrogen-bond donors (Lipinski definition) is 0. The molecule has 0 aliphatic rings. The number of rotatable bonds is 2. The van der Waals surface area contributed by atoms with Crippen LogP contribution in [0.1, 0.15) is 10.4 Å². The summed E-state index contributed by atoms with van der Waals surface area (Å²) in [5, 5.41) is 0.673. The summed E-state index contributed by atoms with van der Waals surface area (Å²) in [7, 11) is 0. The Hall–Kier alpha value is -2.88. The van der Waals surface area contributed by atoms with Gasteiger partial charge in [0, 0.05) is 11.5 Å². The van der Waals surface area contributed by atoms with E-state index in [0.717, 1.165) is 0 Å². The van der Waals surface area contributed by atoms with Crippen molar-refractivity contribution in [1.82, 2.24) is 0 Å². The van der Waals surface area contributed by atoms with Crippen molar-refractivity contribution in [1.29, 1.82) is 0 Å². The fourth-order valence-electron chi connectivity index (χ4n) is 1.85. The van der Waals surface area contributed by atoms with Crippen molar-refractivity contribution in [2.75, 3.05) is 0 Å². The number of benzene rings is 2. The number of ether oxygens (including phenoxy) is 1. The summed E-state index contributed by atoms with van der Waals surface area (Å²) in [5.74, 6) is 0.0292. The van der Waals surface area contributed by atoms with E-state index < -0.39 is 11.6 Å². The third-order valence-corrected chi connectivity index (χ3v) is 2.81. The van der Waals surface area contributed by atoms with Crippen LogP contribution in [-0.2, 0) is 0 Å². The van der Waals surface area contributed by atoms with E-state index in [2.05, 4.69) is 0 Å². The maximum Gasteiger partial charge on any atom is 0.343 e. The van der Waals surface area contributed by atoms with E-state index in [-0.39, 0.29) is 0 Å². The molecule has 1 heterocycles. The summed E-state index contributed by atoms with van der Waals surface area (Å²) < 4.78 is 10.2. The first-order valence-corrected chi connectivity index (χ1v) is 6.03. The van der Waals surface area contributed by atoms with Crippen LogP contribution in [0.15, 0.2) is 69.9 Å². The van der Waals surface area contributed by atoms with E-state index in [9.17, 15) is 9.59 Å². The van der Waals surface area contributed by atoms with Crippen LogP contribution in [-0.4, -0.2) is 5.97 Å². The lowest BCUT2D eigenvalue weighted by Gasteiger charge is -2.04. The zero-order chi connectivity index (χ0) is 13.9. The average Bonchev–Trinajstić information content (AvgIpc) is 2.47. The van der Waals surface area contributed by atoms with Gasteiger partial charge in [0.05, 0.1) is 5.56 Å². The lowest BCUT2D eigenvalue weighted by atomic mass is 10.1. The van der Waals surface area contributed by atoms with Crippen LogP contribution in [0.2, 0.25) is 0 Å². The quantitative estimate of drug-likeness (QED) is 0.406. The van der Waals surface area contributed by atoms with Gasteiger partial charge in [-0.2, -0.15) is 0 Å². The van der Waals surface area contributed by atoms with Crippen molar-refractivity contribution < 1.29 is 13.9 Å². The van der Waals surface area contributed by atoms with E-state index in [1.165, 1.54) is 6.07 Å².